The van der Waals surface area contributed by atoms with Gasteiger partial charge >= 0.3 is 5.97 Å². The summed E-state index contributed by atoms with van der Waals surface area (Å²) in [7, 11) is 3.86. The number of carbonyl (C=O) groups is 3. The molecular formula is C20H21N3O4S. The molecule has 8 heteroatoms. The van der Waals surface area contributed by atoms with Crippen molar-refractivity contribution in [3.05, 3.63) is 48.0 Å². The number of rotatable bonds is 5. The summed E-state index contributed by atoms with van der Waals surface area (Å²) in [5, 5.41) is 5.46. The van der Waals surface area contributed by atoms with Crippen molar-refractivity contribution in [2.45, 2.75) is 11.3 Å². The molecule has 0 radical (unpaired) electrons. The van der Waals surface area contributed by atoms with Gasteiger partial charge in [-0.15, -0.1) is 11.8 Å². The van der Waals surface area contributed by atoms with Gasteiger partial charge in [-0.05, 0) is 42.5 Å². The summed E-state index contributed by atoms with van der Waals surface area (Å²) in [6.45, 7) is -0.396. The maximum absolute atomic E-state index is 12.2. The van der Waals surface area contributed by atoms with E-state index in [0.717, 1.165) is 10.6 Å². The van der Waals surface area contributed by atoms with Gasteiger partial charge in [0.25, 0.3) is 5.91 Å². The first-order valence-electron chi connectivity index (χ1n) is 8.73. The third-order valence-electron chi connectivity index (χ3n) is 4.08. The maximum Gasteiger partial charge on any atom is 0.338 e. The van der Waals surface area contributed by atoms with Crippen LogP contribution in [0.1, 0.15) is 16.8 Å². The van der Waals surface area contributed by atoms with Gasteiger partial charge in [-0.3, -0.25) is 9.59 Å². The highest BCUT2D eigenvalue weighted by atomic mass is 32.2. The quantitative estimate of drug-likeness (QED) is 0.752. The van der Waals surface area contributed by atoms with Crippen LogP contribution in [-0.4, -0.2) is 44.2 Å². The lowest BCUT2D eigenvalue weighted by atomic mass is 10.2. The number of esters is 1. The van der Waals surface area contributed by atoms with Crippen molar-refractivity contribution in [2.24, 2.45) is 0 Å². The van der Waals surface area contributed by atoms with Crippen LogP contribution in [0.4, 0.5) is 17.1 Å². The number of amides is 2. The number of hydrogen-bond donors (Lipinski definition) is 2. The van der Waals surface area contributed by atoms with Crippen LogP contribution in [0.15, 0.2) is 47.4 Å². The molecule has 0 atom stereocenters. The van der Waals surface area contributed by atoms with Crippen molar-refractivity contribution in [1.29, 1.82) is 0 Å². The number of nitrogens with zero attached hydrogens (tertiary/aromatic N) is 1. The van der Waals surface area contributed by atoms with E-state index in [0.29, 0.717) is 23.5 Å². The summed E-state index contributed by atoms with van der Waals surface area (Å²) < 4.78 is 5.09. The highest BCUT2D eigenvalue weighted by molar-refractivity contribution is 7.99. The average Bonchev–Trinajstić information content (AvgIpc) is 2.86. The Morgan fingerprint density at radius 2 is 1.93 bits per heavy atom. The van der Waals surface area contributed by atoms with Gasteiger partial charge in [0.15, 0.2) is 6.61 Å². The summed E-state index contributed by atoms with van der Waals surface area (Å²) >= 11 is 1.55. The molecule has 2 amide bonds. The molecule has 0 saturated heterocycles. The molecule has 1 aliphatic heterocycles. The van der Waals surface area contributed by atoms with Crippen LogP contribution in [0, 0.1) is 0 Å². The number of fused-ring (bicyclic) bond motifs is 1. The van der Waals surface area contributed by atoms with Crippen LogP contribution < -0.4 is 15.5 Å². The van der Waals surface area contributed by atoms with Crippen LogP contribution in [0.2, 0.25) is 0 Å². The Hall–Kier alpha value is -3.00. The van der Waals surface area contributed by atoms with Gasteiger partial charge in [0.05, 0.1) is 11.3 Å². The van der Waals surface area contributed by atoms with Crippen molar-refractivity contribution >= 4 is 46.6 Å². The van der Waals surface area contributed by atoms with E-state index < -0.39 is 18.5 Å². The predicted molar refractivity (Wildman–Crippen MR) is 110 cm³/mol. The molecule has 0 aliphatic carbocycles. The van der Waals surface area contributed by atoms with Crippen molar-refractivity contribution in [1.82, 2.24) is 0 Å². The van der Waals surface area contributed by atoms with Crippen LogP contribution in [0.5, 0.6) is 0 Å². The number of carbonyl (C=O) groups excluding carboxylic acids is 3. The SMILES string of the molecule is CN(C)c1ccc(NC(=O)COC(=O)c2ccc3c(c2)NC(=O)CCS3)cc1. The van der Waals surface area contributed by atoms with Gasteiger partial charge in [-0.25, -0.2) is 4.79 Å². The van der Waals surface area contributed by atoms with Crippen molar-refractivity contribution in [3.8, 4) is 0 Å². The largest absolute Gasteiger partial charge is 0.452 e. The molecule has 0 fully saturated rings. The first-order valence-corrected chi connectivity index (χ1v) is 9.72. The fourth-order valence-corrected chi connectivity index (χ4v) is 3.54. The van der Waals surface area contributed by atoms with Crippen LogP contribution in [0.3, 0.4) is 0 Å². The van der Waals surface area contributed by atoms with Gasteiger partial charge in [-0.2, -0.15) is 0 Å². The molecule has 0 bridgehead atoms. The highest BCUT2D eigenvalue weighted by Gasteiger charge is 2.17. The first-order chi connectivity index (χ1) is 13.4. The number of hydrogen-bond acceptors (Lipinski definition) is 6. The third-order valence-corrected chi connectivity index (χ3v) is 5.15. The van der Waals surface area contributed by atoms with Gasteiger partial charge in [0, 0.05) is 42.5 Å². The molecular weight excluding hydrogens is 378 g/mol. The minimum absolute atomic E-state index is 0.0866. The zero-order valence-electron chi connectivity index (χ0n) is 15.7. The summed E-state index contributed by atoms with van der Waals surface area (Å²) in [6.07, 6.45) is 0.425. The Labute approximate surface area is 167 Å². The molecule has 2 N–H and O–H groups in total. The summed E-state index contributed by atoms with van der Waals surface area (Å²) in [5.41, 5.74) is 2.51. The Morgan fingerprint density at radius 1 is 1.18 bits per heavy atom. The summed E-state index contributed by atoms with van der Waals surface area (Å²) in [5.74, 6) is -0.441. The predicted octanol–water partition coefficient (Wildman–Crippen LogP) is 2.98. The minimum atomic E-state index is -0.621. The zero-order chi connectivity index (χ0) is 20.1. The fraction of sp³-hybridized carbons (Fsp3) is 0.250. The Kier molecular flexibility index (Phi) is 6.20. The molecule has 7 nitrogen and oxygen atoms in total. The van der Waals surface area contributed by atoms with Gasteiger partial charge in [-0.1, -0.05) is 0 Å². The molecule has 146 valence electrons. The Bertz CT molecular complexity index is 897. The van der Waals surface area contributed by atoms with E-state index in [4.69, 9.17) is 4.74 Å². The lowest BCUT2D eigenvalue weighted by Crippen LogP contribution is -2.21. The topological polar surface area (TPSA) is 87.7 Å². The normalized spacial score (nSPS) is 13.0. The fourth-order valence-electron chi connectivity index (χ4n) is 2.60. The molecule has 3 rings (SSSR count). The monoisotopic (exact) mass is 399 g/mol. The van der Waals surface area contributed by atoms with Crippen molar-refractivity contribution in [3.63, 3.8) is 0 Å². The molecule has 2 aromatic carbocycles. The molecule has 2 aromatic rings. The lowest BCUT2D eigenvalue weighted by Gasteiger charge is -2.13. The molecule has 0 unspecified atom stereocenters. The number of benzene rings is 2. The van der Waals surface area contributed by atoms with Crippen LogP contribution in [0.25, 0.3) is 0 Å². The van der Waals surface area contributed by atoms with E-state index in [-0.39, 0.29) is 11.5 Å². The minimum Gasteiger partial charge on any atom is -0.452 e. The molecule has 1 aliphatic rings. The lowest BCUT2D eigenvalue weighted by molar-refractivity contribution is -0.119. The van der Waals surface area contributed by atoms with Crippen LogP contribution >= 0.6 is 11.8 Å². The second-order valence-electron chi connectivity index (χ2n) is 6.42. The van der Waals surface area contributed by atoms with Crippen molar-refractivity contribution in [2.75, 3.05) is 42.0 Å². The molecule has 1 heterocycles. The van der Waals surface area contributed by atoms with Crippen molar-refractivity contribution < 1.29 is 19.1 Å². The van der Waals surface area contributed by atoms with E-state index in [1.807, 2.05) is 31.1 Å². The van der Waals surface area contributed by atoms with Gasteiger partial charge in [0.2, 0.25) is 5.91 Å². The second-order valence-corrected chi connectivity index (χ2v) is 7.56. The Morgan fingerprint density at radius 3 is 2.64 bits per heavy atom. The third kappa shape index (κ3) is 5.04. The number of anilines is 3. The summed E-state index contributed by atoms with van der Waals surface area (Å²) in [6, 6.07) is 12.3. The smallest absolute Gasteiger partial charge is 0.338 e. The second kappa shape index (κ2) is 8.79. The Balaban J connectivity index is 1.56. The van der Waals surface area contributed by atoms with E-state index in [1.54, 1.807) is 42.1 Å². The standard InChI is InChI=1S/C20H21N3O4S/c1-23(2)15-6-4-14(5-7-15)21-19(25)12-27-20(26)13-3-8-17-16(11-13)22-18(24)9-10-28-17/h3-8,11H,9-10,12H2,1-2H3,(H,21,25)(H,22,24). The number of thioether (sulfide) groups is 1. The van der Waals surface area contributed by atoms with Gasteiger partial charge < -0.3 is 20.3 Å². The zero-order valence-corrected chi connectivity index (χ0v) is 16.5. The first kappa shape index (κ1) is 19.8. The van der Waals surface area contributed by atoms with E-state index in [2.05, 4.69) is 10.6 Å². The van der Waals surface area contributed by atoms with Crippen LogP contribution in [-0.2, 0) is 14.3 Å². The van der Waals surface area contributed by atoms with E-state index >= 15 is 0 Å². The van der Waals surface area contributed by atoms with Gasteiger partial charge in [0.1, 0.15) is 0 Å². The average molecular weight is 399 g/mol. The highest BCUT2D eigenvalue weighted by Crippen LogP contribution is 2.31. The summed E-state index contributed by atoms with van der Waals surface area (Å²) in [4.78, 5) is 38.8. The maximum atomic E-state index is 12.2. The molecule has 0 saturated carbocycles. The number of ether oxygens (including phenoxy) is 1. The van der Waals surface area contributed by atoms with E-state index in [1.165, 1.54) is 0 Å². The molecule has 0 spiro atoms. The molecule has 28 heavy (non-hydrogen) atoms. The number of nitrogens with one attached hydrogen (secondary N) is 2. The van der Waals surface area contributed by atoms with E-state index in [9.17, 15) is 14.4 Å². The molecule has 0 aromatic heterocycles.